The number of fused-ring (bicyclic) bond motifs is 3. The number of allylic oxidation sites excluding steroid dienone is 6. The Morgan fingerprint density at radius 1 is 0.810 bits per heavy atom. The van der Waals surface area contributed by atoms with Crippen LogP contribution in [-0.2, 0) is 42.9 Å². The Morgan fingerprint density at radius 3 is 2.25 bits per heavy atom. The van der Waals surface area contributed by atoms with Gasteiger partial charge in [-0.1, -0.05) is 83.9 Å². The Kier molecular flexibility index (Phi) is 20.9. The summed E-state index contributed by atoms with van der Waals surface area (Å²) in [7, 11) is 4.82. The van der Waals surface area contributed by atoms with Crippen LogP contribution in [-0.4, -0.2) is 115 Å². The molecule has 1 aliphatic carbocycles. The number of carbonyl (C=O) groups excluding carboxylic acids is 4. The molecule has 1 saturated carbocycles. The summed E-state index contributed by atoms with van der Waals surface area (Å²) in [6.45, 7) is 13.7. The molecule has 0 aromatic carbocycles. The van der Waals surface area contributed by atoms with E-state index in [1.54, 1.807) is 21.1 Å². The van der Waals surface area contributed by atoms with Crippen LogP contribution in [0.15, 0.2) is 47.6 Å². The zero-order valence-electron chi connectivity index (χ0n) is 40.1. The number of hydrogen-bond donors (Lipinski definition) is 2. The van der Waals surface area contributed by atoms with E-state index in [-0.39, 0.29) is 48.2 Å². The number of ether oxygens (including phenoxy) is 5. The minimum absolute atomic E-state index is 0.00929. The Balaban J connectivity index is 1.67. The van der Waals surface area contributed by atoms with Crippen molar-refractivity contribution in [3.8, 4) is 0 Å². The van der Waals surface area contributed by atoms with E-state index in [0.717, 1.165) is 37.7 Å². The molecule has 0 unspecified atom stereocenters. The van der Waals surface area contributed by atoms with Gasteiger partial charge >= 0.3 is 5.97 Å². The summed E-state index contributed by atoms with van der Waals surface area (Å²) in [5, 5.41) is 23.4. The number of cyclic esters (lactones) is 1. The number of nitrogens with zero attached hydrogens (tertiary/aromatic N) is 1. The normalized spacial score (nSPS) is 40.1. The third-order valence-corrected chi connectivity index (χ3v) is 14.4. The molecular formula is C51H81NO11. The van der Waals surface area contributed by atoms with E-state index in [4.69, 9.17) is 23.7 Å². The van der Waals surface area contributed by atoms with Crippen molar-refractivity contribution >= 4 is 23.4 Å². The standard InChI is InChI=1S/C51H81NO11/c1-32-17-12-11-13-18-34(3)44(60-9)31-41-24-23-38(7)51(58,63-41)48(55)49(56)52-26-15-14-21-42(52)50(57)62-43(35(4)29-39-19-16-20-40(30-39)59-8)25-22-33(2)28-37(6)46(54)47(61-10)45(53)36(5)27-32/h11-13,17-18,28,32-33,35-36,38-44,46-47,54,58H,14-16,19-27,29-31H2,1-10H3/b13-11+,17-12+,34-18+,37-28+/t32-,33+,35-,36-,38-,39+,40+,41+,42+,43+,44+,46-,47+,51-/m1/s1. The van der Waals surface area contributed by atoms with E-state index in [9.17, 15) is 29.4 Å². The lowest BCUT2D eigenvalue weighted by molar-refractivity contribution is -0.265. The van der Waals surface area contributed by atoms with Gasteiger partial charge < -0.3 is 38.8 Å². The van der Waals surface area contributed by atoms with Crippen LogP contribution in [0.2, 0.25) is 0 Å². The minimum Gasteiger partial charge on any atom is -0.461 e. The maximum absolute atomic E-state index is 14.4. The van der Waals surface area contributed by atoms with Gasteiger partial charge in [-0.25, -0.2) is 4.79 Å². The summed E-state index contributed by atoms with van der Waals surface area (Å²) in [4.78, 5) is 57.8. The molecule has 12 nitrogen and oxygen atoms in total. The fourth-order valence-corrected chi connectivity index (χ4v) is 10.3. The molecule has 3 fully saturated rings. The summed E-state index contributed by atoms with van der Waals surface area (Å²) in [5.74, 6) is -5.61. The molecule has 63 heavy (non-hydrogen) atoms. The highest BCUT2D eigenvalue weighted by atomic mass is 16.6. The molecule has 4 rings (SSSR count). The molecule has 356 valence electrons. The van der Waals surface area contributed by atoms with Crippen molar-refractivity contribution in [3.05, 3.63) is 47.6 Å². The molecule has 2 bridgehead atoms. The first-order valence-corrected chi connectivity index (χ1v) is 23.9. The molecule has 0 aromatic rings. The minimum atomic E-state index is -2.36. The Morgan fingerprint density at radius 2 is 1.56 bits per heavy atom. The summed E-state index contributed by atoms with van der Waals surface area (Å²) in [5.41, 5.74) is 1.55. The molecule has 2 saturated heterocycles. The van der Waals surface area contributed by atoms with Crippen LogP contribution in [0.1, 0.15) is 138 Å². The van der Waals surface area contributed by atoms with E-state index < -0.39 is 59.8 Å². The molecule has 3 heterocycles. The number of ketones is 2. The molecule has 0 radical (unpaired) electrons. The largest absolute Gasteiger partial charge is 0.461 e. The lowest BCUT2D eigenvalue weighted by Gasteiger charge is -2.42. The molecular weight excluding hydrogens is 803 g/mol. The predicted molar refractivity (Wildman–Crippen MR) is 243 cm³/mol. The number of carbonyl (C=O) groups is 4. The number of hydrogen-bond acceptors (Lipinski definition) is 11. The predicted octanol–water partition coefficient (Wildman–Crippen LogP) is 8.03. The zero-order chi connectivity index (χ0) is 46.4. The Bertz CT molecular complexity index is 1640. The molecule has 0 spiro atoms. The first-order valence-electron chi connectivity index (χ1n) is 23.9. The fraction of sp³-hybridized carbons (Fsp3) is 0.765. The highest BCUT2D eigenvalue weighted by molar-refractivity contribution is 6.39. The van der Waals surface area contributed by atoms with Crippen molar-refractivity contribution in [1.82, 2.24) is 4.90 Å². The smallest absolute Gasteiger partial charge is 0.329 e. The fourth-order valence-electron chi connectivity index (χ4n) is 10.3. The van der Waals surface area contributed by atoms with E-state index in [1.807, 2.05) is 64.2 Å². The summed E-state index contributed by atoms with van der Waals surface area (Å²) in [6.07, 6.45) is 18.1. The van der Waals surface area contributed by atoms with Crippen LogP contribution in [0, 0.1) is 35.5 Å². The van der Waals surface area contributed by atoms with Gasteiger partial charge in [0, 0.05) is 46.1 Å². The van der Waals surface area contributed by atoms with Crippen LogP contribution in [0.25, 0.3) is 0 Å². The molecule has 3 aliphatic heterocycles. The topological polar surface area (TPSA) is 158 Å². The maximum Gasteiger partial charge on any atom is 0.329 e. The van der Waals surface area contributed by atoms with Crippen molar-refractivity contribution in [3.63, 3.8) is 0 Å². The number of methoxy groups -OCH3 is 3. The first kappa shape index (κ1) is 52.6. The second-order valence-corrected chi connectivity index (χ2v) is 19.6. The molecule has 12 heteroatoms. The van der Waals surface area contributed by atoms with Gasteiger partial charge in [0.1, 0.15) is 24.4 Å². The molecule has 0 aromatic heterocycles. The van der Waals surface area contributed by atoms with Crippen molar-refractivity contribution in [2.45, 2.75) is 187 Å². The van der Waals surface area contributed by atoms with Crippen LogP contribution in [0.3, 0.4) is 0 Å². The highest BCUT2D eigenvalue weighted by Crippen LogP contribution is 2.38. The van der Waals surface area contributed by atoms with Crippen molar-refractivity contribution < 1.29 is 53.1 Å². The van der Waals surface area contributed by atoms with E-state index in [2.05, 4.69) is 13.8 Å². The third-order valence-electron chi connectivity index (χ3n) is 14.4. The lowest BCUT2D eigenvalue weighted by Crippen LogP contribution is -2.61. The summed E-state index contributed by atoms with van der Waals surface area (Å²) >= 11 is 0. The van der Waals surface area contributed by atoms with Crippen LogP contribution in [0.5, 0.6) is 0 Å². The van der Waals surface area contributed by atoms with E-state index in [1.165, 1.54) is 12.0 Å². The number of Topliss-reactive ketones (excluding diaryl/α,β-unsaturated/α-hetero) is 2. The average molecular weight is 884 g/mol. The van der Waals surface area contributed by atoms with Gasteiger partial charge in [-0.05, 0) is 119 Å². The van der Waals surface area contributed by atoms with Crippen molar-refractivity contribution in [2.75, 3.05) is 27.9 Å². The van der Waals surface area contributed by atoms with Gasteiger partial charge in [0.15, 0.2) is 5.78 Å². The number of amides is 1. The third kappa shape index (κ3) is 14.5. The van der Waals surface area contributed by atoms with E-state index in [0.29, 0.717) is 69.3 Å². The van der Waals surface area contributed by atoms with Gasteiger partial charge in [-0.2, -0.15) is 0 Å². The monoisotopic (exact) mass is 884 g/mol. The van der Waals surface area contributed by atoms with Gasteiger partial charge in [-0.15, -0.1) is 0 Å². The summed E-state index contributed by atoms with van der Waals surface area (Å²) < 4.78 is 29.8. The van der Waals surface area contributed by atoms with E-state index >= 15 is 0 Å². The van der Waals surface area contributed by atoms with Gasteiger partial charge in [0.05, 0.1) is 18.3 Å². The quantitative estimate of drug-likeness (QED) is 0.151. The maximum atomic E-state index is 14.4. The molecule has 4 aliphatic rings. The number of esters is 1. The molecule has 14 atom stereocenters. The first-order chi connectivity index (χ1) is 29.9. The highest BCUT2D eigenvalue weighted by Gasteiger charge is 2.53. The van der Waals surface area contributed by atoms with Gasteiger partial charge in [-0.3, -0.25) is 14.4 Å². The Hall–Kier alpha value is -3.00. The van der Waals surface area contributed by atoms with Crippen molar-refractivity contribution in [1.29, 1.82) is 0 Å². The average Bonchev–Trinajstić information content (AvgIpc) is 3.26. The lowest BCUT2D eigenvalue weighted by atomic mass is 9.79. The molecule has 1 amide bonds. The summed E-state index contributed by atoms with van der Waals surface area (Å²) in [6, 6.07) is -0.982. The number of piperidine rings is 1. The number of aliphatic hydroxyl groups excluding tert-OH is 1. The van der Waals surface area contributed by atoms with Gasteiger partial charge in [0.2, 0.25) is 5.79 Å². The number of rotatable bonds is 6. The van der Waals surface area contributed by atoms with Crippen LogP contribution in [0.4, 0.5) is 0 Å². The second kappa shape index (κ2) is 25.1. The van der Waals surface area contributed by atoms with Crippen LogP contribution >= 0.6 is 0 Å². The Labute approximate surface area is 378 Å². The SMILES string of the molecule is CO[C@H]1CCC[C@@H](C[C@@H](C)[C@@H]2CC[C@H](C)/C=C(\C)[C@@H](O)[C@@H](OC)C(=O)[C@H](C)C[C@H](C)/C=C/C=C/C=C(\C)[C@@H](OC)C[C@@H]3CC[C@@H](C)[C@@](O)(O3)C(=O)C(=O)N3CCCC[C@H]3C(=O)O2)C1. The zero-order valence-corrected chi connectivity index (χ0v) is 40.1. The second-order valence-electron chi connectivity index (χ2n) is 19.6. The van der Waals surface area contributed by atoms with Crippen molar-refractivity contribution in [2.24, 2.45) is 35.5 Å². The van der Waals surface area contributed by atoms with Gasteiger partial charge in [0.25, 0.3) is 11.7 Å². The molecule has 2 N–H and O–H groups in total. The number of aliphatic hydroxyl groups is 2. The van der Waals surface area contributed by atoms with Crippen LogP contribution < -0.4 is 0 Å².